The summed E-state index contributed by atoms with van der Waals surface area (Å²) in [4.78, 5) is 2.61. The molecule has 0 aromatic heterocycles. The van der Waals surface area contributed by atoms with Crippen LogP contribution in [-0.2, 0) is 4.74 Å². The Balaban J connectivity index is 1.39. The number of aliphatic hydroxyl groups excluding tert-OH is 2. The van der Waals surface area contributed by atoms with Gasteiger partial charge in [-0.2, -0.15) is 0 Å². The molecule has 3 aliphatic carbocycles. The molecule has 4 fully saturated rings. The van der Waals surface area contributed by atoms with Crippen molar-refractivity contribution in [1.82, 2.24) is 4.90 Å². The average Bonchev–Trinajstić information content (AvgIpc) is 3.11. The molecule has 1 unspecified atom stereocenters. The standard InChI is InChI=1S/C29H47NO3/c1-20(12-14-30-15-16-33-28(3,4)19-30)24-10-11-25-23(7-6-13-29(24,25)5)9-8-22-17-26(31)21(2)27(32)18-22/h8-9,20,24-27,31-32H,2,6-7,10-19H2,1,3-5H3/b23-9+/t20?,24-,25+,26-,27-,29-/m1/s1. The lowest BCUT2D eigenvalue weighted by molar-refractivity contribution is -0.0874. The molecule has 0 aromatic carbocycles. The van der Waals surface area contributed by atoms with Crippen LogP contribution in [0.1, 0.15) is 79.1 Å². The highest BCUT2D eigenvalue weighted by Gasteiger charge is 2.50. The largest absolute Gasteiger partial charge is 0.388 e. The minimum atomic E-state index is -0.608. The minimum absolute atomic E-state index is 0.0127. The number of hydrogen-bond donors (Lipinski definition) is 2. The van der Waals surface area contributed by atoms with Crippen molar-refractivity contribution < 1.29 is 14.9 Å². The van der Waals surface area contributed by atoms with Crippen LogP contribution in [0.5, 0.6) is 0 Å². The summed E-state index contributed by atoms with van der Waals surface area (Å²) in [6.07, 6.45) is 12.3. The van der Waals surface area contributed by atoms with Gasteiger partial charge >= 0.3 is 0 Å². The molecule has 0 aromatic rings. The fourth-order valence-electron chi connectivity index (χ4n) is 7.53. The summed E-state index contributed by atoms with van der Waals surface area (Å²) in [6, 6.07) is 0. The number of ether oxygens (including phenoxy) is 1. The fraction of sp³-hybridized carbons (Fsp3) is 0.793. The number of fused-ring (bicyclic) bond motifs is 1. The third-order valence-corrected chi connectivity index (χ3v) is 9.43. The zero-order valence-electron chi connectivity index (χ0n) is 21.5. The van der Waals surface area contributed by atoms with E-state index in [1.54, 1.807) is 5.57 Å². The van der Waals surface area contributed by atoms with Crippen molar-refractivity contribution >= 4 is 0 Å². The average molecular weight is 458 g/mol. The molecule has 0 amide bonds. The van der Waals surface area contributed by atoms with Crippen LogP contribution in [0.25, 0.3) is 0 Å². The third-order valence-electron chi connectivity index (χ3n) is 9.43. The summed E-state index contributed by atoms with van der Waals surface area (Å²) in [5.74, 6) is 2.24. The predicted molar refractivity (Wildman–Crippen MR) is 135 cm³/mol. The highest BCUT2D eigenvalue weighted by Crippen LogP contribution is 2.59. The van der Waals surface area contributed by atoms with Gasteiger partial charge in [0, 0.05) is 13.1 Å². The molecule has 0 bridgehead atoms. The van der Waals surface area contributed by atoms with Crippen LogP contribution < -0.4 is 0 Å². The number of allylic oxidation sites excluding steroid dienone is 3. The Labute approximate surface area is 201 Å². The molecule has 6 atom stereocenters. The van der Waals surface area contributed by atoms with Crippen LogP contribution in [0.15, 0.2) is 35.5 Å². The minimum Gasteiger partial charge on any atom is -0.388 e. The predicted octanol–water partition coefficient (Wildman–Crippen LogP) is 5.26. The molecule has 186 valence electrons. The zero-order valence-corrected chi connectivity index (χ0v) is 21.5. The first-order valence-corrected chi connectivity index (χ1v) is 13.4. The molecule has 0 radical (unpaired) electrons. The molecule has 4 nitrogen and oxygen atoms in total. The lowest BCUT2D eigenvalue weighted by Gasteiger charge is -2.45. The first-order chi connectivity index (χ1) is 15.6. The van der Waals surface area contributed by atoms with Crippen LogP contribution >= 0.6 is 0 Å². The first kappa shape index (κ1) is 25.2. The van der Waals surface area contributed by atoms with Crippen LogP contribution in [-0.4, -0.2) is 59.2 Å². The summed E-state index contributed by atoms with van der Waals surface area (Å²) in [5, 5.41) is 20.4. The van der Waals surface area contributed by atoms with Gasteiger partial charge in [-0.1, -0.05) is 43.7 Å². The SMILES string of the molecule is C=C1[C@H](O)CC(=C/C=C2\CCC[C@]3(C)[C@@H](C(C)CCN4CCOC(C)(C)C4)CC[C@@H]23)C[C@H]1O. The van der Waals surface area contributed by atoms with E-state index in [2.05, 4.69) is 51.3 Å². The third kappa shape index (κ3) is 5.50. The van der Waals surface area contributed by atoms with Crippen LogP contribution in [0, 0.1) is 23.2 Å². The summed E-state index contributed by atoms with van der Waals surface area (Å²) in [7, 11) is 0. The highest BCUT2D eigenvalue weighted by molar-refractivity contribution is 5.29. The molecule has 2 N–H and O–H groups in total. The first-order valence-electron chi connectivity index (χ1n) is 13.4. The van der Waals surface area contributed by atoms with Crippen LogP contribution in [0.3, 0.4) is 0 Å². The summed E-state index contributed by atoms with van der Waals surface area (Å²) < 4.78 is 5.90. The molecular weight excluding hydrogens is 410 g/mol. The monoisotopic (exact) mass is 457 g/mol. The van der Waals surface area contributed by atoms with Gasteiger partial charge < -0.3 is 14.9 Å². The van der Waals surface area contributed by atoms with Crippen LogP contribution in [0.4, 0.5) is 0 Å². The van der Waals surface area contributed by atoms with Gasteiger partial charge in [0.25, 0.3) is 0 Å². The summed E-state index contributed by atoms with van der Waals surface area (Å²) >= 11 is 0. The van der Waals surface area contributed by atoms with Gasteiger partial charge in [-0.3, -0.25) is 4.90 Å². The highest BCUT2D eigenvalue weighted by atomic mass is 16.5. The molecule has 1 aliphatic heterocycles. The van der Waals surface area contributed by atoms with Crippen molar-refractivity contribution in [3.8, 4) is 0 Å². The van der Waals surface area contributed by atoms with E-state index < -0.39 is 12.2 Å². The maximum atomic E-state index is 10.2. The molecule has 1 heterocycles. The molecule has 3 saturated carbocycles. The number of hydrogen-bond acceptors (Lipinski definition) is 4. The molecule has 4 aliphatic rings. The molecule has 33 heavy (non-hydrogen) atoms. The quantitative estimate of drug-likeness (QED) is 0.553. The second-order valence-corrected chi connectivity index (χ2v) is 12.3. The van der Waals surface area contributed by atoms with E-state index in [0.29, 0.717) is 29.7 Å². The lowest BCUT2D eigenvalue weighted by atomic mass is 9.61. The van der Waals surface area contributed by atoms with Crippen molar-refractivity contribution in [2.24, 2.45) is 23.2 Å². The van der Waals surface area contributed by atoms with Crippen molar-refractivity contribution in [2.75, 3.05) is 26.2 Å². The molecule has 4 heteroatoms. The van der Waals surface area contributed by atoms with E-state index in [9.17, 15) is 10.2 Å². The maximum absolute atomic E-state index is 10.2. The van der Waals surface area contributed by atoms with Gasteiger partial charge in [-0.05, 0) is 101 Å². The van der Waals surface area contributed by atoms with E-state index >= 15 is 0 Å². The molecule has 4 rings (SSSR count). The Kier molecular flexibility index (Phi) is 7.60. The summed E-state index contributed by atoms with van der Waals surface area (Å²) in [6.45, 7) is 17.5. The fourth-order valence-corrected chi connectivity index (χ4v) is 7.53. The van der Waals surface area contributed by atoms with Gasteiger partial charge in [0.1, 0.15) is 0 Å². The number of nitrogens with zero attached hydrogens (tertiary/aromatic N) is 1. The van der Waals surface area contributed by atoms with E-state index in [4.69, 9.17) is 4.74 Å². The van der Waals surface area contributed by atoms with E-state index in [1.165, 1.54) is 45.1 Å². The van der Waals surface area contributed by atoms with Crippen LogP contribution in [0.2, 0.25) is 0 Å². The zero-order chi connectivity index (χ0) is 23.8. The van der Waals surface area contributed by atoms with E-state index in [-0.39, 0.29) is 5.60 Å². The Morgan fingerprint density at radius 3 is 2.58 bits per heavy atom. The van der Waals surface area contributed by atoms with Gasteiger partial charge in [0.2, 0.25) is 0 Å². The Morgan fingerprint density at radius 1 is 1.15 bits per heavy atom. The van der Waals surface area contributed by atoms with E-state index in [0.717, 1.165) is 37.1 Å². The summed E-state index contributed by atoms with van der Waals surface area (Å²) in [5.41, 5.74) is 3.72. The maximum Gasteiger partial charge on any atom is 0.0809 e. The smallest absolute Gasteiger partial charge is 0.0809 e. The Morgan fingerprint density at radius 2 is 1.88 bits per heavy atom. The van der Waals surface area contributed by atoms with Crippen molar-refractivity contribution in [1.29, 1.82) is 0 Å². The number of morpholine rings is 1. The second-order valence-electron chi connectivity index (χ2n) is 12.3. The molecular formula is C29H47NO3. The Hall–Kier alpha value is -0.940. The second kappa shape index (κ2) is 9.97. The topological polar surface area (TPSA) is 52.9 Å². The van der Waals surface area contributed by atoms with Gasteiger partial charge in [-0.25, -0.2) is 0 Å². The number of rotatable bonds is 5. The lowest BCUT2D eigenvalue weighted by Crippen LogP contribution is -2.48. The van der Waals surface area contributed by atoms with Crippen molar-refractivity contribution in [2.45, 2.75) is 96.9 Å². The Bertz CT molecular complexity index is 768. The van der Waals surface area contributed by atoms with Gasteiger partial charge in [0.15, 0.2) is 0 Å². The normalized spacial score (nSPS) is 39.5. The van der Waals surface area contributed by atoms with Crippen molar-refractivity contribution in [3.05, 3.63) is 35.5 Å². The van der Waals surface area contributed by atoms with Gasteiger partial charge in [-0.15, -0.1) is 0 Å². The molecule has 1 saturated heterocycles. The van der Waals surface area contributed by atoms with Gasteiger partial charge in [0.05, 0.1) is 24.4 Å². The van der Waals surface area contributed by atoms with E-state index in [1.807, 2.05) is 0 Å². The van der Waals surface area contributed by atoms with Crippen molar-refractivity contribution in [3.63, 3.8) is 0 Å². The molecule has 0 spiro atoms. The number of aliphatic hydroxyl groups is 2.